The number of aliphatic imine (C=N–C) groups is 1. The number of hydrogen-bond acceptors (Lipinski definition) is 8. The molecule has 1 N–H and O–H groups in total. The number of nitrogens with zero attached hydrogens (tertiary/aromatic N) is 4. The molecule has 11 nitrogen and oxygen atoms in total. The van der Waals surface area contributed by atoms with E-state index >= 15 is 0 Å². The van der Waals surface area contributed by atoms with Crippen LogP contribution in [0.3, 0.4) is 0 Å². The standard InChI is InChI=1S/C20H17N5O6S/c1-2-10-23-19(27)17(12-18(26)22-15-8-3-4-9-16(15)25(30)31)32-20(23)21-13-6-5-7-14(11-13)24(28)29/h2-9,11,17H,1,10,12H2,(H,22,26)/t17-/m1/s1. The third-order valence-electron chi connectivity index (χ3n) is 4.34. The highest BCUT2D eigenvalue weighted by atomic mass is 32.2. The summed E-state index contributed by atoms with van der Waals surface area (Å²) < 4.78 is 0. The Morgan fingerprint density at radius 2 is 1.94 bits per heavy atom. The summed E-state index contributed by atoms with van der Waals surface area (Å²) in [4.78, 5) is 51.9. The summed E-state index contributed by atoms with van der Waals surface area (Å²) in [5, 5.41) is 24.0. The fraction of sp³-hybridized carbons (Fsp3) is 0.150. The Bertz CT molecular complexity index is 1130. The van der Waals surface area contributed by atoms with Gasteiger partial charge in [0.2, 0.25) is 11.8 Å². The number of para-hydroxylation sites is 2. The Hall–Kier alpha value is -4.06. The number of rotatable bonds is 8. The molecule has 0 bridgehead atoms. The third-order valence-corrected chi connectivity index (χ3v) is 5.52. The van der Waals surface area contributed by atoms with E-state index in [-0.39, 0.29) is 46.8 Å². The Morgan fingerprint density at radius 1 is 1.19 bits per heavy atom. The second-order valence-corrected chi connectivity index (χ2v) is 7.71. The highest BCUT2D eigenvalue weighted by Gasteiger charge is 2.38. The van der Waals surface area contributed by atoms with E-state index in [4.69, 9.17) is 0 Å². The van der Waals surface area contributed by atoms with Crippen molar-refractivity contribution in [1.29, 1.82) is 0 Å². The molecule has 0 saturated carbocycles. The van der Waals surface area contributed by atoms with E-state index in [0.29, 0.717) is 0 Å². The molecule has 164 valence electrons. The number of carbonyl (C=O) groups excluding carboxylic acids is 2. The van der Waals surface area contributed by atoms with Gasteiger partial charge in [-0.3, -0.25) is 34.7 Å². The molecule has 1 saturated heterocycles. The molecule has 1 fully saturated rings. The molecule has 2 aromatic rings. The molecule has 2 amide bonds. The Labute approximate surface area is 186 Å². The van der Waals surface area contributed by atoms with Gasteiger partial charge >= 0.3 is 0 Å². The van der Waals surface area contributed by atoms with Crippen LogP contribution in [0.1, 0.15) is 6.42 Å². The van der Waals surface area contributed by atoms with Crippen LogP contribution in [-0.4, -0.2) is 43.5 Å². The molecule has 0 unspecified atom stereocenters. The van der Waals surface area contributed by atoms with Gasteiger partial charge in [-0.05, 0) is 12.1 Å². The topological polar surface area (TPSA) is 148 Å². The molecular formula is C20H17N5O6S. The molecule has 32 heavy (non-hydrogen) atoms. The average molecular weight is 455 g/mol. The SMILES string of the molecule is C=CCN1C(=O)[C@@H](CC(=O)Nc2ccccc2[N+](=O)[O-])SC1=Nc1cccc([N+](=O)[O-])c1. The van der Waals surface area contributed by atoms with Gasteiger partial charge in [-0.1, -0.05) is 36.0 Å². The van der Waals surface area contributed by atoms with Crippen LogP contribution in [0.25, 0.3) is 0 Å². The summed E-state index contributed by atoms with van der Waals surface area (Å²) in [7, 11) is 0. The minimum Gasteiger partial charge on any atom is -0.320 e. The van der Waals surface area contributed by atoms with Crippen LogP contribution in [-0.2, 0) is 9.59 Å². The van der Waals surface area contributed by atoms with Crippen LogP contribution in [0.5, 0.6) is 0 Å². The maximum Gasteiger partial charge on any atom is 0.292 e. The lowest BCUT2D eigenvalue weighted by Crippen LogP contribution is -2.33. The smallest absolute Gasteiger partial charge is 0.292 e. The summed E-state index contributed by atoms with van der Waals surface area (Å²) in [5.74, 6) is -0.947. The number of amidine groups is 1. The van der Waals surface area contributed by atoms with Crippen molar-refractivity contribution in [2.75, 3.05) is 11.9 Å². The average Bonchev–Trinajstić information content (AvgIpc) is 3.03. The number of non-ortho nitro benzene ring substituents is 1. The summed E-state index contributed by atoms with van der Waals surface area (Å²) >= 11 is 1.04. The van der Waals surface area contributed by atoms with Gasteiger partial charge in [0.15, 0.2) is 5.17 Å². The van der Waals surface area contributed by atoms with Gasteiger partial charge in [-0.2, -0.15) is 0 Å². The molecule has 0 aromatic heterocycles. The summed E-state index contributed by atoms with van der Waals surface area (Å²) in [5.41, 5.74) is -0.0794. The van der Waals surface area contributed by atoms with E-state index in [0.717, 1.165) is 11.8 Å². The summed E-state index contributed by atoms with van der Waals surface area (Å²) in [6.07, 6.45) is 1.26. The van der Waals surface area contributed by atoms with Gasteiger partial charge in [-0.25, -0.2) is 4.99 Å². The maximum atomic E-state index is 12.8. The van der Waals surface area contributed by atoms with E-state index in [1.807, 2.05) is 0 Å². The van der Waals surface area contributed by atoms with Gasteiger partial charge in [0.25, 0.3) is 11.4 Å². The Morgan fingerprint density at radius 3 is 2.62 bits per heavy atom. The normalized spacial score (nSPS) is 16.8. The summed E-state index contributed by atoms with van der Waals surface area (Å²) in [6, 6.07) is 11.3. The molecule has 2 aromatic carbocycles. The number of thioether (sulfide) groups is 1. The van der Waals surface area contributed by atoms with Crippen LogP contribution in [0.4, 0.5) is 22.7 Å². The first-order valence-electron chi connectivity index (χ1n) is 9.25. The van der Waals surface area contributed by atoms with Crippen molar-refractivity contribution in [3.8, 4) is 0 Å². The van der Waals surface area contributed by atoms with Crippen LogP contribution in [0, 0.1) is 20.2 Å². The zero-order chi connectivity index (χ0) is 23.3. The number of nitro benzene ring substituents is 2. The largest absolute Gasteiger partial charge is 0.320 e. The number of amides is 2. The van der Waals surface area contributed by atoms with Crippen molar-refractivity contribution in [1.82, 2.24) is 4.90 Å². The zero-order valence-electron chi connectivity index (χ0n) is 16.5. The molecule has 1 aliphatic heterocycles. The molecular weight excluding hydrogens is 438 g/mol. The van der Waals surface area contributed by atoms with Crippen molar-refractivity contribution in [2.45, 2.75) is 11.7 Å². The van der Waals surface area contributed by atoms with E-state index in [2.05, 4.69) is 16.9 Å². The lowest BCUT2D eigenvalue weighted by atomic mass is 10.2. The Kier molecular flexibility index (Phi) is 6.95. The zero-order valence-corrected chi connectivity index (χ0v) is 17.4. The number of anilines is 1. The predicted octanol–water partition coefficient (Wildman–Crippen LogP) is 3.65. The van der Waals surface area contributed by atoms with Gasteiger partial charge in [-0.15, -0.1) is 6.58 Å². The Balaban J connectivity index is 1.79. The monoisotopic (exact) mass is 455 g/mol. The highest BCUT2D eigenvalue weighted by molar-refractivity contribution is 8.15. The molecule has 1 aliphatic rings. The maximum absolute atomic E-state index is 12.8. The van der Waals surface area contributed by atoms with Crippen LogP contribution in [0.2, 0.25) is 0 Å². The number of nitro groups is 2. The summed E-state index contributed by atoms with van der Waals surface area (Å²) in [6.45, 7) is 3.76. The number of hydrogen-bond donors (Lipinski definition) is 1. The molecule has 0 radical (unpaired) electrons. The van der Waals surface area contributed by atoms with Gasteiger partial charge in [0, 0.05) is 31.2 Å². The van der Waals surface area contributed by atoms with Crippen LogP contribution >= 0.6 is 11.8 Å². The minimum atomic E-state index is -0.810. The van der Waals surface area contributed by atoms with E-state index in [9.17, 15) is 29.8 Å². The second-order valence-electron chi connectivity index (χ2n) is 6.54. The number of carbonyl (C=O) groups is 2. The molecule has 0 spiro atoms. The number of benzene rings is 2. The van der Waals surface area contributed by atoms with E-state index < -0.39 is 21.0 Å². The van der Waals surface area contributed by atoms with Crippen molar-refractivity contribution >= 4 is 51.5 Å². The van der Waals surface area contributed by atoms with E-state index in [1.54, 1.807) is 12.1 Å². The fourth-order valence-corrected chi connectivity index (χ4v) is 4.08. The van der Waals surface area contributed by atoms with Crippen LogP contribution in [0.15, 0.2) is 66.2 Å². The van der Waals surface area contributed by atoms with Gasteiger partial charge in [0.05, 0.1) is 15.5 Å². The lowest BCUT2D eigenvalue weighted by molar-refractivity contribution is -0.384. The van der Waals surface area contributed by atoms with E-state index in [1.165, 1.54) is 47.4 Å². The van der Waals surface area contributed by atoms with Gasteiger partial charge < -0.3 is 5.32 Å². The minimum absolute atomic E-state index is 0.0337. The second kappa shape index (κ2) is 9.83. The molecule has 0 aliphatic carbocycles. The van der Waals surface area contributed by atoms with Crippen molar-refractivity contribution in [2.24, 2.45) is 4.99 Å². The first-order chi connectivity index (χ1) is 15.3. The fourth-order valence-electron chi connectivity index (χ4n) is 2.92. The molecule has 12 heteroatoms. The number of nitrogens with one attached hydrogen (secondary N) is 1. The molecule has 1 heterocycles. The predicted molar refractivity (Wildman–Crippen MR) is 120 cm³/mol. The van der Waals surface area contributed by atoms with Crippen molar-refractivity contribution < 1.29 is 19.4 Å². The lowest BCUT2D eigenvalue weighted by Gasteiger charge is -2.13. The third kappa shape index (κ3) is 5.16. The first kappa shape index (κ1) is 22.6. The quantitative estimate of drug-likeness (QED) is 0.363. The molecule has 3 rings (SSSR count). The molecule has 1 atom stereocenters. The van der Waals surface area contributed by atoms with Crippen LogP contribution < -0.4 is 5.32 Å². The first-order valence-corrected chi connectivity index (χ1v) is 10.1. The highest BCUT2D eigenvalue weighted by Crippen LogP contribution is 2.33. The van der Waals surface area contributed by atoms with Crippen molar-refractivity contribution in [3.05, 3.63) is 81.4 Å². The van der Waals surface area contributed by atoms with Gasteiger partial charge in [0.1, 0.15) is 10.9 Å². The van der Waals surface area contributed by atoms with Crippen molar-refractivity contribution in [3.63, 3.8) is 0 Å².